The van der Waals surface area contributed by atoms with Crippen molar-refractivity contribution in [2.75, 3.05) is 5.32 Å². The van der Waals surface area contributed by atoms with E-state index in [-0.39, 0.29) is 5.02 Å². The van der Waals surface area contributed by atoms with Gasteiger partial charge in [-0.15, -0.1) is 0 Å². The minimum Gasteiger partial charge on any atom is -0.381 e. The Bertz CT molecular complexity index is 537. The molecule has 0 aliphatic carbocycles. The van der Waals surface area contributed by atoms with E-state index in [1.165, 1.54) is 12.1 Å². The van der Waals surface area contributed by atoms with E-state index in [9.17, 15) is 4.39 Å². The third kappa shape index (κ3) is 2.58. The Hall–Kier alpha value is -1.55. The fourth-order valence-electron chi connectivity index (χ4n) is 1.52. The molecule has 2 aromatic rings. The zero-order valence-corrected chi connectivity index (χ0v) is 10.4. The summed E-state index contributed by atoms with van der Waals surface area (Å²) < 4.78 is 15.0. The van der Waals surface area contributed by atoms with Gasteiger partial charge in [-0.2, -0.15) is 5.10 Å². The van der Waals surface area contributed by atoms with Crippen molar-refractivity contribution < 1.29 is 4.39 Å². The third-order valence-electron chi connectivity index (χ3n) is 2.74. The lowest BCUT2D eigenvalue weighted by atomic mass is 10.2. The van der Waals surface area contributed by atoms with Gasteiger partial charge in [0.25, 0.3) is 0 Å². The van der Waals surface area contributed by atoms with E-state index in [1.54, 1.807) is 16.9 Å². The number of aryl methyl sites for hydroxylation is 1. The average Bonchev–Trinajstić information content (AvgIpc) is 2.62. The van der Waals surface area contributed by atoms with Crippen molar-refractivity contribution in [1.29, 1.82) is 0 Å². The van der Waals surface area contributed by atoms with Gasteiger partial charge in [-0.1, -0.05) is 11.6 Å². The minimum absolute atomic E-state index is 0.133. The summed E-state index contributed by atoms with van der Waals surface area (Å²) in [5, 5.41) is 7.41. The number of hydrogen-bond donors (Lipinski definition) is 1. The van der Waals surface area contributed by atoms with Crippen molar-refractivity contribution in [3.8, 4) is 0 Å². The van der Waals surface area contributed by atoms with Crippen LogP contribution in [0.3, 0.4) is 0 Å². The molecular formula is C12H13ClFN3. The number of rotatable bonds is 3. The number of halogens is 2. The van der Waals surface area contributed by atoms with E-state index in [4.69, 9.17) is 11.6 Å². The molecule has 0 aliphatic heterocycles. The number of nitrogens with one attached hydrogen (secondary N) is 1. The molecule has 0 unspecified atom stereocenters. The van der Waals surface area contributed by atoms with Crippen LogP contribution in [-0.2, 0) is 13.6 Å². The molecule has 0 amide bonds. The summed E-state index contributed by atoms with van der Waals surface area (Å²) in [4.78, 5) is 0. The smallest absolute Gasteiger partial charge is 0.143 e. The topological polar surface area (TPSA) is 29.9 Å². The highest BCUT2D eigenvalue weighted by Gasteiger charge is 2.04. The fraction of sp³-hybridized carbons (Fsp3) is 0.250. The van der Waals surface area contributed by atoms with Crippen LogP contribution >= 0.6 is 11.6 Å². The molecule has 0 saturated carbocycles. The van der Waals surface area contributed by atoms with Gasteiger partial charge in [0.2, 0.25) is 0 Å². The van der Waals surface area contributed by atoms with Crippen LogP contribution in [0.25, 0.3) is 0 Å². The quantitative estimate of drug-likeness (QED) is 0.911. The Morgan fingerprint density at radius 1 is 1.47 bits per heavy atom. The summed E-state index contributed by atoms with van der Waals surface area (Å²) in [6.07, 6.45) is 1.80. The van der Waals surface area contributed by atoms with Crippen LogP contribution in [0.1, 0.15) is 11.3 Å². The van der Waals surface area contributed by atoms with Gasteiger partial charge >= 0.3 is 0 Å². The lowest BCUT2D eigenvalue weighted by Crippen LogP contribution is -2.01. The molecule has 1 heterocycles. The number of aromatic nitrogens is 2. The second kappa shape index (κ2) is 4.75. The van der Waals surface area contributed by atoms with Gasteiger partial charge < -0.3 is 5.32 Å². The first kappa shape index (κ1) is 11.9. The lowest BCUT2D eigenvalue weighted by molar-refractivity contribution is 0.628. The molecular weight excluding hydrogens is 241 g/mol. The number of nitrogens with zero attached hydrogens (tertiary/aromatic N) is 2. The summed E-state index contributed by atoms with van der Waals surface area (Å²) in [6.45, 7) is 2.60. The zero-order chi connectivity index (χ0) is 12.4. The summed E-state index contributed by atoms with van der Waals surface area (Å²) in [5.41, 5.74) is 2.88. The Balaban J connectivity index is 2.07. The highest BCUT2D eigenvalue weighted by Crippen LogP contribution is 2.19. The first-order valence-electron chi connectivity index (χ1n) is 5.24. The van der Waals surface area contributed by atoms with Crippen molar-refractivity contribution in [2.45, 2.75) is 13.5 Å². The molecule has 0 radical (unpaired) electrons. The summed E-state index contributed by atoms with van der Waals surface area (Å²) in [5.74, 6) is -0.417. The zero-order valence-electron chi connectivity index (χ0n) is 9.67. The highest BCUT2D eigenvalue weighted by atomic mass is 35.5. The molecule has 1 N–H and O–H groups in total. The maximum atomic E-state index is 13.2. The number of hydrogen-bond acceptors (Lipinski definition) is 2. The van der Waals surface area contributed by atoms with Gasteiger partial charge in [0.05, 0.1) is 11.2 Å². The minimum atomic E-state index is -0.417. The molecule has 3 nitrogen and oxygen atoms in total. The predicted octanol–water partition coefficient (Wildman–Crippen LogP) is 3.13. The first-order valence-corrected chi connectivity index (χ1v) is 5.62. The maximum absolute atomic E-state index is 13.2. The van der Waals surface area contributed by atoms with E-state index < -0.39 is 5.82 Å². The summed E-state index contributed by atoms with van der Waals surface area (Å²) in [7, 11) is 1.89. The highest BCUT2D eigenvalue weighted by molar-refractivity contribution is 6.30. The Kier molecular flexibility index (Phi) is 3.33. The van der Waals surface area contributed by atoms with Gasteiger partial charge in [0.1, 0.15) is 5.82 Å². The Labute approximate surface area is 104 Å². The van der Waals surface area contributed by atoms with E-state index in [0.29, 0.717) is 12.2 Å². The molecule has 0 saturated heterocycles. The molecule has 90 valence electrons. The largest absolute Gasteiger partial charge is 0.381 e. The molecule has 17 heavy (non-hydrogen) atoms. The average molecular weight is 254 g/mol. The van der Waals surface area contributed by atoms with Crippen molar-refractivity contribution in [2.24, 2.45) is 7.05 Å². The molecule has 0 spiro atoms. The summed E-state index contributed by atoms with van der Waals surface area (Å²) >= 11 is 5.61. The lowest BCUT2D eigenvalue weighted by Gasteiger charge is -2.06. The first-order chi connectivity index (χ1) is 8.08. The van der Waals surface area contributed by atoms with Gasteiger partial charge in [-0.3, -0.25) is 4.68 Å². The second-order valence-corrected chi connectivity index (χ2v) is 4.27. The third-order valence-corrected chi connectivity index (χ3v) is 3.05. The molecule has 0 fully saturated rings. The molecule has 1 aromatic carbocycles. The van der Waals surface area contributed by atoms with Crippen LogP contribution in [0.5, 0.6) is 0 Å². The van der Waals surface area contributed by atoms with Crippen LogP contribution in [0, 0.1) is 12.7 Å². The van der Waals surface area contributed by atoms with Crippen LogP contribution in [0.4, 0.5) is 10.1 Å². The van der Waals surface area contributed by atoms with Gasteiger partial charge in [-0.05, 0) is 25.1 Å². The van der Waals surface area contributed by atoms with Gasteiger partial charge in [0, 0.05) is 30.5 Å². The summed E-state index contributed by atoms with van der Waals surface area (Å²) in [6, 6.07) is 4.67. The monoisotopic (exact) mass is 253 g/mol. The van der Waals surface area contributed by atoms with Crippen LogP contribution in [0.15, 0.2) is 24.4 Å². The number of benzene rings is 1. The Morgan fingerprint density at radius 2 is 2.24 bits per heavy atom. The molecule has 1 aromatic heterocycles. The SMILES string of the molecule is Cc1c(CNc2ccc(Cl)c(F)c2)cnn1C. The van der Waals surface area contributed by atoms with Gasteiger partial charge in [-0.25, -0.2) is 4.39 Å². The van der Waals surface area contributed by atoms with Crippen molar-refractivity contribution in [1.82, 2.24) is 9.78 Å². The molecule has 2 rings (SSSR count). The van der Waals surface area contributed by atoms with E-state index in [0.717, 1.165) is 11.3 Å². The van der Waals surface area contributed by atoms with Gasteiger partial charge in [0.15, 0.2) is 0 Å². The molecule has 0 bridgehead atoms. The number of anilines is 1. The van der Waals surface area contributed by atoms with Crippen molar-refractivity contribution in [3.05, 3.63) is 46.5 Å². The van der Waals surface area contributed by atoms with Crippen molar-refractivity contribution in [3.63, 3.8) is 0 Å². The predicted molar refractivity (Wildman–Crippen MR) is 66.7 cm³/mol. The van der Waals surface area contributed by atoms with Crippen molar-refractivity contribution >= 4 is 17.3 Å². The molecule has 0 atom stereocenters. The standard InChI is InChI=1S/C12H13ClFN3/c1-8-9(7-16-17(8)2)6-15-10-3-4-11(13)12(14)5-10/h3-5,7,15H,6H2,1-2H3. The molecule has 0 aliphatic rings. The van der Waals surface area contributed by atoms with Crippen LogP contribution < -0.4 is 5.32 Å². The van der Waals surface area contributed by atoms with E-state index in [1.807, 2.05) is 14.0 Å². The Morgan fingerprint density at radius 3 is 2.82 bits per heavy atom. The normalized spacial score (nSPS) is 10.6. The second-order valence-electron chi connectivity index (χ2n) is 3.86. The van der Waals surface area contributed by atoms with Crippen LogP contribution in [0.2, 0.25) is 5.02 Å². The van der Waals surface area contributed by atoms with Crippen LogP contribution in [-0.4, -0.2) is 9.78 Å². The van der Waals surface area contributed by atoms with E-state index in [2.05, 4.69) is 10.4 Å². The maximum Gasteiger partial charge on any atom is 0.143 e. The molecule has 5 heteroatoms. The van der Waals surface area contributed by atoms with E-state index >= 15 is 0 Å². The fourth-order valence-corrected chi connectivity index (χ4v) is 1.64.